The van der Waals surface area contributed by atoms with Gasteiger partial charge >= 0.3 is 0 Å². The van der Waals surface area contributed by atoms with E-state index in [4.69, 9.17) is 16.3 Å². The molecular weight excluding hydrogens is 296 g/mol. The van der Waals surface area contributed by atoms with E-state index >= 15 is 0 Å². The predicted molar refractivity (Wildman–Crippen MR) is 92.1 cm³/mol. The van der Waals surface area contributed by atoms with Crippen molar-refractivity contribution in [2.24, 2.45) is 0 Å². The number of benzene rings is 1. The molecule has 2 heterocycles. The molecule has 2 fully saturated rings. The molecule has 0 aromatic heterocycles. The van der Waals surface area contributed by atoms with Gasteiger partial charge in [-0.1, -0.05) is 41.9 Å². The lowest BCUT2D eigenvalue weighted by Crippen LogP contribution is -2.51. The van der Waals surface area contributed by atoms with Crippen LogP contribution in [0.4, 0.5) is 0 Å². The summed E-state index contributed by atoms with van der Waals surface area (Å²) in [5.74, 6) is 0. The molecule has 3 nitrogen and oxygen atoms in total. The average Bonchev–Trinajstić information content (AvgIpc) is 2.57. The maximum atomic E-state index is 6.47. The molecule has 1 aromatic rings. The smallest absolute Gasteiger partial charge is 0.0594 e. The molecule has 1 aromatic carbocycles. The number of morpholine rings is 1. The van der Waals surface area contributed by atoms with Crippen molar-refractivity contribution in [2.75, 3.05) is 45.9 Å². The first kappa shape index (κ1) is 16.0. The van der Waals surface area contributed by atoms with Gasteiger partial charge in [0.15, 0.2) is 0 Å². The third-order valence-electron chi connectivity index (χ3n) is 4.54. The van der Waals surface area contributed by atoms with E-state index in [1.165, 1.54) is 18.4 Å². The normalized spacial score (nSPS) is 25.3. The summed E-state index contributed by atoms with van der Waals surface area (Å²) in [6, 6.07) is 11.0. The van der Waals surface area contributed by atoms with E-state index in [1.54, 1.807) is 0 Å². The third kappa shape index (κ3) is 4.56. The molecule has 1 atom stereocenters. The average molecular weight is 321 g/mol. The van der Waals surface area contributed by atoms with Crippen LogP contribution in [0.15, 0.2) is 35.4 Å². The molecule has 4 heteroatoms. The van der Waals surface area contributed by atoms with Gasteiger partial charge in [0.05, 0.1) is 13.2 Å². The van der Waals surface area contributed by atoms with Gasteiger partial charge in [0.25, 0.3) is 0 Å². The molecule has 0 radical (unpaired) electrons. The first-order chi connectivity index (χ1) is 10.8. The second-order valence-electron chi connectivity index (χ2n) is 6.18. The van der Waals surface area contributed by atoms with Crippen LogP contribution in [0.2, 0.25) is 0 Å². The van der Waals surface area contributed by atoms with E-state index < -0.39 is 0 Å². The van der Waals surface area contributed by atoms with E-state index in [-0.39, 0.29) is 0 Å². The number of nitrogens with zero attached hydrogens (tertiary/aromatic N) is 2. The van der Waals surface area contributed by atoms with Gasteiger partial charge < -0.3 is 4.74 Å². The molecule has 3 rings (SSSR count). The highest BCUT2D eigenvalue weighted by Gasteiger charge is 2.26. The van der Waals surface area contributed by atoms with E-state index in [9.17, 15) is 0 Å². The summed E-state index contributed by atoms with van der Waals surface area (Å²) in [5.41, 5.74) is 1.18. The second kappa shape index (κ2) is 8.11. The minimum atomic E-state index is 0.666. The van der Waals surface area contributed by atoms with Crippen LogP contribution in [-0.2, 0) is 4.74 Å². The van der Waals surface area contributed by atoms with Gasteiger partial charge in [-0.2, -0.15) is 0 Å². The fourth-order valence-electron chi connectivity index (χ4n) is 3.40. The van der Waals surface area contributed by atoms with Crippen LogP contribution in [0.1, 0.15) is 18.4 Å². The molecule has 0 N–H and O–H groups in total. The standard InChI is InChI=1S/C18H25ClN2O/c19-17(13-16-5-2-1-3-6-16)14-20-8-4-7-18(15-20)21-9-11-22-12-10-21/h1-3,5-6,13,18H,4,7-12,14-15H2. The van der Waals surface area contributed by atoms with Gasteiger partial charge in [-0.15, -0.1) is 0 Å². The van der Waals surface area contributed by atoms with Crippen LogP contribution in [0.5, 0.6) is 0 Å². The Labute approximate surface area is 138 Å². The number of hydrogen-bond acceptors (Lipinski definition) is 3. The van der Waals surface area contributed by atoms with E-state index in [1.807, 2.05) is 18.2 Å². The first-order valence-corrected chi connectivity index (χ1v) is 8.64. The molecule has 0 saturated carbocycles. The summed E-state index contributed by atoms with van der Waals surface area (Å²) in [5, 5.41) is 0.925. The molecule has 0 bridgehead atoms. The monoisotopic (exact) mass is 320 g/mol. The Bertz CT molecular complexity index is 485. The third-order valence-corrected chi connectivity index (χ3v) is 4.77. The van der Waals surface area contributed by atoms with Crippen molar-refractivity contribution in [1.82, 2.24) is 9.80 Å². The highest BCUT2D eigenvalue weighted by molar-refractivity contribution is 6.31. The fourth-order valence-corrected chi connectivity index (χ4v) is 3.70. The number of likely N-dealkylation sites (tertiary alicyclic amines) is 1. The maximum Gasteiger partial charge on any atom is 0.0594 e. The molecule has 2 aliphatic heterocycles. The van der Waals surface area contributed by atoms with Crippen LogP contribution in [0.3, 0.4) is 0 Å². The van der Waals surface area contributed by atoms with Crippen molar-refractivity contribution >= 4 is 17.7 Å². The summed E-state index contributed by atoms with van der Waals surface area (Å²) in [6.07, 6.45) is 4.65. The van der Waals surface area contributed by atoms with Gasteiger partial charge in [-0.05, 0) is 31.0 Å². The van der Waals surface area contributed by atoms with Crippen molar-refractivity contribution in [3.05, 3.63) is 40.9 Å². The molecule has 0 aliphatic carbocycles. The summed E-state index contributed by atoms with van der Waals surface area (Å²) in [7, 11) is 0. The first-order valence-electron chi connectivity index (χ1n) is 8.26. The summed E-state index contributed by atoms with van der Waals surface area (Å²) in [4.78, 5) is 5.08. The lowest BCUT2D eigenvalue weighted by Gasteiger charge is -2.40. The molecule has 22 heavy (non-hydrogen) atoms. The number of halogens is 1. The van der Waals surface area contributed by atoms with E-state index in [2.05, 4.69) is 28.0 Å². The van der Waals surface area contributed by atoms with Crippen LogP contribution in [-0.4, -0.2) is 61.8 Å². The minimum absolute atomic E-state index is 0.666. The van der Waals surface area contributed by atoms with Crippen LogP contribution >= 0.6 is 11.6 Å². The van der Waals surface area contributed by atoms with Crippen LogP contribution in [0, 0.1) is 0 Å². The Hall–Kier alpha value is -0.870. The highest BCUT2D eigenvalue weighted by Crippen LogP contribution is 2.20. The Kier molecular flexibility index (Phi) is 5.90. The Morgan fingerprint density at radius 2 is 1.95 bits per heavy atom. The Morgan fingerprint density at radius 3 is 2.73 bits per heavy atom. The molecule has 120 valence electrons. The van der Waals surface area contributed by atoms with Gasteiger partial charge in [-0.3, -0.25) is 9.80 Å². The summed E-state index contributed by atoms with van der Waals surface area (Å²) >= 11 is 6.47. The zero-order chi connectivity index (χ0) is 15.2. The van der Waals surface area contributed by atoms with Crippen molar-refractivity contribution in [2.45, 2.75) is 18.9 Å². The number of hydrogen-bond donors (Lipinski definition) is 0. The van der Waals surface area contributed by atoms with Crippen molar-refractivity contribution in [1.29, 1.82) is 0 Å². The van der Waals surface area contributed by atoms with Crippen molar-refractivity contribution in [3.63, 3.8) is 0 Å². The topological polar surface area (TPSA) is 15.7 Å². The van der Waals surface area contributed by atoms with E-state index in [0.717, 1.165) is 51.0 Å². The summed E-state index contributed by atoms with van der Waals surface area (Å²) < 4.78 is 5.46. The zero-order valence-corrected chi connectivity index (χ0v) is 13.8. The largest absolute Gasteiger partial charge is 0.379 e. The van der Waals surface area contributed by atoms with Crippen LogP contribution in [0.25, 0.3) is 6.08 Å². The molecule has 2 aliphatic rings. The van der Waals surface area contributed by atoms with Crippen molar-refractivity contribution in [3.8, 4) is 0 Å². The number of rotatable bonds is 4. The Morgan fingerprint density at radius 1 is 1.18 bits per heavy atom. The van der Waals surface area contributed by atoms with Gasteiger partial charge in [0.1, 0.15) is 0 Å². The Balaban J connectivity index is 1.54. The highest BCUT2D eigenvalue weighted by atomic mass is 35.5. The van der Waals surface area contributed by atoms with Crippen molar-refractivity contribution < 1.29 is 4.74 Å². The van der Waals surface area contributed by atoms with E-state index in [0.29, 0.717) is 6.04 Å². The van der Waals surface area contributed by atoms with Gasteiger partial charge in [0.2, 0.25) is 0 Å². The quantitative estimate of drug-likeness (QED) is 0.848. The lowest BCUT2D eigenvalue weighted by atomic mass is 10.0. The minimum Gasteiger partial charge on any atom is -0.379 e. The molecule has 2 saturated heterocycles. The molecule has 0 spiro atoms. The zero-order valence-electron chi connectivity index (χ0n) is 13.1. The van der Waals surface area contributed by atoms with Gasteiger partial charge in [-0.25, -0.2) is 0 Å². The SMILES string of the molecule is ClC(=Cc1ccccc1)CN1CCCC(N2CCOCC2)C1. The van der Waals surface area contributed by atoms with Crippen LogP contribution < -0.4 is 0 Å². The van der Waals surface area contributed by atoms with Gasteiger partial charge in [0, 0.05) is 37.3 Å². The summed E-state index contributed by atoms with van der Waals surface area (Å²) in [6.45, 7) is 7.05. The fraction of sp³-hybridized carbons (Fsp3) is 0.556. The molecule has 0 amide bonds. The maximum absolute atomic E-state index is 6.47. The second-order valence-corrected chi connectivity index (χ2v) is 6.67. The molecule has 1 unspecified atom stereocenters. The predicted octanol–water partition coefficient (Wildman–Crippen LogP) is 3.06. The number of ether oxygens (including phenoxy) is 1. The molecular formula is C18H25ClN2O. The number of piperidine rings is 1. The lowest BCUT2D eigenvalue weighted by molar-refractivity contribution is -0.00128.